The van der Waals surface area contributed by atoms with Crippen molar-refractivity contribution in [2.75, 3.05) is 33.0 Å². The number of nitrogens with zero attached hydrogens (tertiary/aromatic N) is 2. The molecule has 0 atom stereocenters. The highest BCUT2D eigenvalue weighted by Crippen LogP contribution is 2.20. The fraction of sp³-hybridized carbons (Fsp3) is 0.568. The number of carbonyl (C=O) groups excluding carboxylic acids is 2. The van der Waals surface area contributed by atoms with Gasteiger partial charge in [-0.15, -0.1) is 45.3 Å². The van der Waals surface area contributed by atoms with Gasteiger partial charge in [-0.1, -0.05) is 0 Å². The van der Waals surface area contributed by atoms with Crippen LogP contribution in [0, 0.1) is 13.8 Å². The number of rotatable bonds is 15. The summed E-state index contributed by atoms with van der Waals surface area (Å²) < 4.78 is 15.2. The zero-order valence-corrected chi connectivity index (χ0v) is 33.4. The van der Waals surface area contributed by atoms with Crippen LogP contribution in [0.3, 0.4) is 0 Å². The number of thiazole rings is 2. The Morgan fingerprint density at radius 3 is 1.78 bits per heavy atom. The quantitative estimate of drug-likeness (QED) is 0.0917. The Morgan fingerprint density at radius 1 is 0.800 bits per heavy atom. The zero-order valence-electron chi connectivity index (χ0n) is 30.1. The first kappa shape index (κ1) is 41.7. The molecule has 13 heteroatoms. The van der Waals surface area contributed by atoms with Crippen LogP contribution >= 0.6 is 45.3 Å². The number of esters is 1. The van der Waals surface area contributed by atoms with Gasteiger partial charge < -0.3 is 24.6 Å². The number of aliphatic hydroxyl groups is 1. The molecule has 0 spiro atoms. The third-order valence-corrected chi connectivity index (χ3v) is 10.8. The first-order chi connectivity index (χ1) is 24.0. The minimum atomic E-state index is -0.601. The molecular formula is C37H53N3O6S4. The van der Waals surface area contributed by atoms with E-state index in [-0.39, 0.29) is 13.2 Å². The van der Waals surface area contributed by atoms with Crippen LogP contribution in [0.25, 0.3) is 0 Å². The largest absolute Gasteiger partial charge is 0.459 e. The van der Waals surface area contributed by atoms with Crippen LogP contribution in [-0.4, -0.2) is 65.7 Å². The van der Waals surface area contributed by atoms with Gasteiger partial charge in [-0.2, -0.15) is 0 Å². The van der Waals surface area contributed by atoms with E-state index in [0.29, 0.717) is 6.61 Å². The maximum Gasteiger partial charge on any atom is 0.407 e. The lowest BCUT2D eigenvalue weighted by Crippen LogP contribution is -2.35. The average Bonchev–Trinajstić information content (AvgIpc) is 3.92. The Bertz CT molecular complexity index is 1530. The second-order valence-electron chi connectivity index (χ2n) is 12.9. The summed E-state index contributed by atoms with van der Waals surface area (Å²) >= 11 is 6.94. The van der Waals surface area contributed by atoms with Crippen LogP contribution in [0.15, 0.2) is 33.7 Å². The van der Waals surface area contributed by atoms with Gasteiger partial charge in [-0.05, 0) is 133 Å². The molecule has 2 N–H and O–H groups in total. The monoisotopic (exact) mass is 763 g/mol. The van der Waals surface area contributed by atoms with Gasteiger partial charge in [0.15, 0.2) is 0 Å². The van der Waals surface area contributed by atoms with E-state index in [0.717, 1.165) is 80.3 Å². The molecule has 50 heavy (non-hydrogen) atoms. The van der Waals surface area contributed by atoms with Crippen molar-refractivity contribution in [3.63, 3.8) is 0 Å². The third kappa shape index (κ3) is 18.5. The van der Waals surface area contributed by atoms with Gasteiger partial charge in [0, 0.05) is 40.3 Å². The predicted octanol–water partition coefficient (Wildman–Crippen LogP) is 8.32. The Kier molecular flexibility index (Phi) is 19.2. The summed E-state index contributed by atoms with van der Waals surface area (Å²) in [6.07, 6.45) is 9.47. The maximum atomic E-state index is 11.6. The normalized spacial score (nSPS) is 12.4. The highest BCUT2D eigenvalue weighted by Gasteiger charge is 2.17. The minimum Gasteiger partial charge on any atom is -0.459 e. The molecule has 1 saturated heterocycles. The number of amides is 1. The first-order valence-electron chi connectivity index (χ1n) is 17.2. The molecule has 1 aliphatic rings. The molecule has 1 amide bonds. The maximum absolute atomic E-state index is 11.6. The molecule has 0 saturated carbocycles. The standard InChI is InChI=1S/C20H28N2O4S2.C13H17NOS2.C4H8O/c1-14-22-16(13-27-14)8-7-15-10-17(28-12-15)6-5-9-25-19(24)21-11-18(23)26-20(2,3)4;1-10-14-12(9-16-10)5-4-11-7-13(17-8-11)3-2-6-15;1-2-4-5-3-1/h10,12-13H,5-9,11H2,1-4H3,(H,21,24);7-9,15H,2-6H2,1H3;1-4H2. The molecular weight excluding hydrogens is 711 g/mol. The van der Waals surface area contributed by atoms with Crippen LogP contribution in [0.1, 0.15) is 88.7 Å². The van der Waals surface area contributed by atoms with Crippen molar-refractivity contribution in [1.29, 1.82) is 0 Å². The van der Waals surface area contributed by atoms with Crippen LogP contribution in [0.5, 0.6) is 0 Å². The average molecular weight is 764 g/mol. The van der Waals surface area contributed by atoms with Gasteiger partial charge in [-0.25, -0.2) is 14.8 Å². The number of aliphatic hydroxyl groups excluding tert-OH is 1. The second kappa shape index (κ2) is 23.0. The summed E-state index contributed by atoms with van der Waals surface area (Å²) in [7, 11) is 0. The summed E-state index contributed by atoms with van der Waals surface area (Å²) in [6, 6.07) is 4.48. The molecule has 4 aromatic heterocycles. The summed E-state index contributed by atoms with van der Waals surface area (Å²) in [6.45, 7) is 11.8. The van der Waals surface area contributed by atoms with Crippen molar-refractivity contribution in [3.8, 4) is 0 Å². The minimum absolute atomic E-state index is 0.192. The number of aryl methyl sites for hydroxylation is 8. The fourth-order valence-corrected chi connectivity index (χ4v) is 7.95. The molecule has 4 aromatic rings. The SMILES string of the molecule is C1CCOC1.Cc1nc(CCc2csc(CCCO)c2)cs1.Cc1nc(CCc2csc(CCCOC(=O)NCC(=O)OC(C)(C)C)c2)cs1. The van der Waals surface area contributed by atoms with Gasteiger partial charge in [0.1, 0.15) is 12.1 Å². The Hall–Kier alpha value is -2.68. The zero-order chi connectivity index (χ0) is 36.2. The topological polar surface area (TPSA) is 120 Å². The molecule has 9 nitrogen and oxygen atoms in total. The van der Waals surface area contributed by atoms with E-state index in [1.54, 1.807) is 66.1 Å². The number of hydrogen-bond acceptors (Lipinski definition) is 12. The highest BCUT2D eigenvalue weighted by atomic mass is 32.1. The van der Waals surface area contributed by atoms with Crippen molar-refractivity contribution in [3.05, 3.63) is 75.9 Å². The summed E-state index contributed by atoms with van der Waals surface area (Å²) in [5, 5.41) is 22.1. The number of thiophene rings is 2. The number of ether oxygens (including phenoxy) is 3. The Morgan fingerprint density at radius 2 is 1.34 bits per heavy atom. The number of hydrogen-bond donors (Lipinski definition) is 2. The van der Waals surface area contributed by atoms with Crippen LogP contribution in [0.4, 0.5) is 4.79 Å². The van der Waals surface area contributed by atoms with Gasteiger partial charge in [-0.3, -0.25) is 4.79 Å². The van der Waals surface area contributed by atoms with E-state index in [9.17, 15) is 9.59 Å². The van der Waals surface area contributed by atoms with Crippen molar-refractivity contribution >= 4 is 57.4 Å². The molecule has 0 radical (unpaired) electrons. The number of nitrogens with one attached hydrogen (secondary N) is 1. The lowest BCUT2D eigenvalue weighted by atomic mass is 10.1. The second-order valence-corrected chi connectivity index (χ2v) is 17.0. The number of alkyl carbamates (subject to hydrolysis) is 1. The van der Waals surface area contributed by atoms with Crippen LogP contribution in [0.2, 0.25) is 0 Å². The van der Waals surface area contributed by atoms with Crippen LogP contribution in [-0.2, 0) is 57.5 Å². The van der Waals surface area contributed by atoms with Crippen molar-refractivity contribution in [2.24, 2.45) is 0 Å². The Labute approximate surface area is 313 Å². The third-order valence-electron chi connectivity index (χ3n) is 7.10. The molecule has 0 aromatic carbocycles. The molecule has 0 aliphatic carbocycles. The van der Waals surface area contributed by atoms with Crippen molar-refractivity contribution < 1.29 is 28.9 Å². The van der Waals surface area contributed by atoms with E-state index >= 15 is 0 Å². The molecule has 276 valence electrons. The van der Waals surface area contributed by atoms with Crippen molar-refractivity contribution in [2.45, 2.75) is 104 Å². The van der Waals surface area contributed by atoms with E-state index in [2.05, 4.69) is 48.9 Å². The van der Waals surface area contributed by atoms with E-state index in [1.807, 2.05) is 13.8 Å². The summed E-state index contributed by atoms with van der Waals surface area (Å²) in [5.74, 6) is -0.483. The molecule has 1 fully saturated rings. The molecule has 5 rings (SSSR count). The van der Waals surface area contributed by atoms with Crippen molar-refractivity contribution in [1.82, 2.24) is 15.3 Å². The smallest absolute Gasteiger partial charge is 0.407 e. The van der Waals surface area contributed by atoms with Gasteiger partial charge in [0.25, 0.3) is 0 Å². The lowest BCUT2D eigenvalue weighted by Gasteiger charge is -2.19. The predicted molar refractivity (Wildman–Crippen MR) is 206 cm³/mol. The van der Waals surface area contributed by atoms with Gasteiger partial charge in [0.05, 0.1) is 28.0 Å². The van der Waals surface area contributed by atoms with E-state index < -0.39 is 17.7 Å². The number of carbonyl (C=O) groups is 2. The Balaban J connectivity index is 0.000000257. The molecule has 5 heterocycles. The molecule has 0 unspecified atom stereocenters. The summed E-state index contributed by atoms with van der Waals surface area (Å²) in [4.78, 5) is 34.8. The fourth-order valence-electron chi connectivity index (χ4n) is 4.72. The van der Waals surface area contributed by atoms with Gasteiger partial charge in [0.2, 0.25) is 0 Å². The lowest BCUT2D eigenvalue weighted by molar-refractivity contribution is -0.153. The first-order valence-corrected chi connectivity index (χ1v) is 20.8. The van der Waals surface area contributed by atoms with E-state index in [4.69, 9.17) is 19.3 Å². The number of aromatic nitrogens is 2. The van der Waals surface area contributed by atoms with E-state index in [1.165, 1.54) is 39.4 Å². The van der Waals surface area contributed by atoms with Gasteiger partial charge >= 0.3 is 12.1 Å². The van der Waals surface area contributed by atoms with Crippen LogP contribution < -0.4 is 5.32 Å². The molecule has 1 aliphatic heterocycles. The highest BCUT2D eigenvalue weighted by molar-refractivity contribution is 7.10. The molecule has 0 bridgehead atoms. The summed E-state index contributed by atoms with van der Waals surface area (Å²) in [5.41, 5.74) is 4.51.